The van der Waals surface area contributed by atoms with E-state index in [0.29, 0.717) is 11.2 Å². The number of hydrogen-bond donors (Lipinski definition) is 1. The number of anilines is 1. The third-order valence-corrected chi connectivity index (χ3v) is 4.65. The molecular formula is C23H20N4O3. The van der Waals surface area contributed by atoms with Gasteiger partial charge in [0.15, 0.2) is 6.10 Å². The average Bonchev–Trinajstić information content (AvgIpc) is 3.17. The number of benzene rings is 3. The van der Waals surface area contributed by atoms with Crippen molar-refractivity contribution in [1.29, 1.82) is 0 Å². The predicted molar refractivity (Wildman–Crippen MR) is 114 cm³/mol. The Labute approximate surface area is 173 Å². The van der Waals surface area contributed by atoms with E-state index in [1.807, 2.05) is 78.9 Å². The molecule has 0 aliphatic heterocycles. The SMILES string of the molecule is CC(OC(=O)Cn1nnc2ccccc21)C(=O)Nc1ccccc1-c1ccccc1. The summed E-state index contributed by atoms with van der Waals surface area (Å²) in [6, 6.07) is 24.6. The number of nitrogens with one attached hydrogen (secondary N) is 1. The number of rotatable bonds is 6. The smallest absolute Gasteiger partial charge is 0.328 e. The van der Waals surface area contributed by atoms with Gasteiger partial charge in [-0.2, -0.15) is 0 Å². The molecule has 7 nitrogen and oxygen atoms in total. The molecule has 1 unspecified atom stereocenters. The van der Waals surface area contributed by atoms with Crippen LogP contribution in [-0.4, -0.2) is 33.0 Å². The lowest BCUT2D eigenvalue weighted by molar-refractivity contribution is -0.153. The van der Waals surface area contributed by atoms with Crippen LogP contribution in [0.5, 0.6) is 0 Å². The molecule has 0 aliphatic carbocycles. The fourth-order valence-electron chi connectivity index (χ4n) is 3.14. The third-order valence-electron chi connectivity index (χ3n) is 4.65. The summed E-state index contributed by atoms with van der Waals surface area (Å²) in [5, 5.41) is 10.8. The molecule has 0 bridgehead atoms. The fourth-order valence-corrected chi connectivity index (χ4v) is 3.14. The van der Waals surface area contributed by atoms with Crippen molar-refractivity contribution in [2.24, 2.45) is 0 Å². The molecule has 0 saturated heterocycles. The highest BCUT2D eigenvalue weighted by atomic mass is 16.5. The highest BCUT2D eigenvalue weighted by Gasteiger charge is 2.20. The van der Waals surface area contributed by atoms with Crippen LogP contribution in [0, 0.1) is 0 Å². The van der Waals surface area contributed by atoms with E-state index in [0.717, 1.165) is 16.6 Å². The molecule has 3 aromatic carbocycles. The van der Waals surface area contributed by atoms with Crippen LogP contribution < -0.4 is 5.32 Å². The van der Waals surface area contributed by atoms with Gasteiger partial charge in [0.25, 0.3) is 5.91 Å². The van der Waals surface area contributed by atoms with E-state index in [9.17, 15) is 9.59 Å². The molecule has 4 rings (SSSR count). The maximum absolute atomic E-state index is 12.6. The van der Waals surface area contributed by atoms with Crippen LogP contribution in [-0.2, 0) is 20.9 Å². The van der Waals surface area contributed by atoms with Gasteiger partial charge in [0.1, 0.15) is 12.1 Å². The molecule has 0 radical (unpaired) electrons. The topological polar surface area (TPSA) is 86.1 Å². The summed E-state index contributed by atoms with van der Waals surface area (Å²) < 4.78 is 6.76. The van der Waals surface area contributed by atoms with Gasteiger partial charge in [-0.05, 0) is 30.7 Å². The Morgan fingerprint density at radius 3 is 2.50 bits per heavy atom. The molecule has 1 atom stereocenters. The van der Waals surface area contributed by atoms with Gasteiger partial charge in [-0.25, -0.2) is 4.68 Å². The van der Waals surface area contributed by atoms with Crippen LogP contribution in [0.3, 0.4) is 0 Å². The highest BCUT2D eigenvalue weighted by molar-refractivity contribution is 5.98. The minimum Gasteiger partial charge on any atom is -0.451 e. The molecule has 150 valence electrons. The minimum absolute atomic E-state index is 0.126. The zero-order chi connectivity index (χ0) is 20.9. The van der Waals surface area contributed by atoms with Crippen LogP contribution in [0.15, 0.2) is 78.9 Å². The Hall–Kier alpha value is -4.00. The van der Waals surface area contributed by atoms with Gasteiger partial charge in [-0.3, -0.25) is 9.59 Å². The van der Waals surface area contributed by atoms with Crippen LogP contribution in [0.1, 0.15) is 6.92 Å². The molecule has 0 saturated carbocycles. The number of carbonyl (C=O) groups is 2. The second-order valence-corrected chi connectivity index (χ2v) is 6.77. The monoisotopic (exact) mass is 400 g/mol. The Kier molecular flexibility index (Phi) is 5.52. The Morgan fingerprint density at radius 2 is 1.67 bits per heavy atom. The summed E-state index contributed by atoms with van der Waals surface area (Å²) in [5.74, 6) is -0.972. The normalized spacial score (nSPS) is 11.8. The standard InChI is InChI=1S/C23H20N4O3/c1-16(30-22(28)15-27-21-14-8-7-13-20(21)25-26-27)23(29)24-19-12-6-5-11-18(19)17-9-3-2-4-10-17/h2-14,16H,15H2,1H3,(H,24,29). The summed E-state index contributed by atoms with van der Waals surface area (Å²) in [7, 11) is 0. The molecule has 7 heteroatoms. The lowest BCUT2D eigenvalue weighted by Gasteiger charge is -2.16. The molecule has 0 fully saturated rings. The lowest BCUT2D eigenvalue weighted by atomic mass is 10.0. The second kappa shape index (κ2) is 8.57. The Bertz CT molecular complexity index is 1190. The first-order valence-corrected chi connectivity index (χ1v) is 9.55. The molecule has 1 aromatic heterocycles. The Morgan fingerprint density at radius 1 is 0.967 bits per heavy atom. The van der Waals surface area contributed by atoms with Gasteiger partial charge in [0, 0.05) is 11.3 Å². The first kappa shape index (κ1) is 19.3. The van der Waals surface area contributed by atoms with Gasteiger partial charge in [0.2, 0.25) is 0 Å². The molecule has 4 aromatic rings. The first-order valence-electron chi connectivity index (χ1n) is 9.55. The van der Waals surface area contributed by atoms with Gasteiger partial charge >= 0.3 is 5.97 Å². The summed E-state index contributed by atoms with van der Waals surface area (Å²) in [4.78, 5) is 24.9. The van der Waals surface area contributed by atoms with Gasteiger partial charge in [-0.15, -0.1) is 5.10 Å². The van der Waals surface area contributed by atoms with E-state index in [-0.39, 0.29) is 6.54 Å². The number of amides is 1. The first-order chi connectivity index (χ1) is 14.6. The molecular weight excluding hydrogens is 380 g/mol. The van der Waals surface area contributed by atoms with Gasteiger partial charge in [-0.1, -0.05) is 65.9 Å². The number of hydrogen-bond acceptors (Lipinski definition) is 5. The van der Waals surface area contributed by atoms with Crippen molar-refractivity contribution < 1.29 is 14.3 Å². The number of para-hydroxylation sites is 2. The summed E-state index contributed by atoms with van der Waals surface area (Å²) >= 11 is 0. The third kappa shape index (κ3) is 4.20. The number of aromatic nitrogens is 3. The van der Waals surface area contributed by atoms with Crippen LogP contribution >= 0.6 is 0 Å². The number of carbonyl (C=O) groups excluding carboxylic acids is 2. The molecule has 1 heterocycles. The zero-order valence-electron chi connectivity index (χ0n) is 16.4. The van der Waals surface area contributed by atoms with Crippen molar-refractivity contribution in [1.82, 2.24) is 15.0 Å². The van der Waals surface area contributed by atoms with Crippen molar-refractivity contribution in [3.05, 3.63) is 78.9 Å². The quantitative estimate of drug-likeness (QED) is 0.499. The zero-order valence-corrected chi connectivity index (χ0v) is 16.4. The molecule has 30 heavy (non-hydrogen) atoms. The summed E-state index contributed by atoms with van der Waals surface area (Å²) in [5.41, 5.74) is 3.94. The predicted octanol–water partition coefficient (Wildman–Crippen LogP) is 3.67. The van der Waals surface area contributed by atoms with Gasteiger partial charge < -0.3 is 10.1 Å². The van der Waals surface area contributed by atoms with E-state index in [4.69, 9.17) is 4.74 Å². The van der Waals surface area contributed by atoms with E-state index in [1.165, 1.54) is 11.6 Å². The largest absolute Gasteiger partial charge is 0.451 e. The molecule has 0 aliphatic rings. The van der Waals surface area contributed by atoms with Crippen molar-refractivity contribution in [3.8, 4) is 11.1 Å². The highest BCUT2D eigenvalue weighted by Crippen LogP contribution is 2.27. The number of esters is 1. The maximum Gasteiger partial charge on any atom is 0.328 e. The average molecular weight is 400 g/mol. The van der Waals surface area contributed by atoms with Crippen molar-refractivity contribution in [3.63, 3.8) is 0 Å². The second-order valence-electron chi connectivity index (χ2n) is 6.77. The van der Waals surface area contributed by atoms with Crippen molar-refractivity contribution in [2.45, 2.75) is 19.6 Å². The molecule has 1 N–H and O–H groups in total. The van der Waals surface area contributed by atoms with Crippen molar-refractivity contribution in [2.75, 3.05) is 5.32 Å². The summed E-state index contributed by atoms with van der Waals surface area (Å²) in [6.07, 6.45) is -0.962. The van der Waals surface area contributed by atoms with E-state index < -0.39 is 18.0 Å². The maximum atomic E-state index is 12.6. The fraction of sp³-hybridized carbons (Fsp3) is 0.130. The van der Waals surface area contributed by atoms with E-state index >= 15 is 0 Å². The van der Waals surface area contributed by atoms with Crippen LogP contribution in [0.25, 0.3) is 22.2 Å². The van der Waals surface area contributed by atoms with E-state index in [1.54, 1.807) is 0 Å². The van der Waals surface area contributed by atoms with Crippen LogP contribution in [0.2, 0.25) is 0 Å². The minimum atomic E-state index is -0.962. The number of fused-ring (bicyclic) bond motifs is 1. The lowest BCUT2D eigenvalue weighted by Crippen LogP contribution is -2.31. The Balaban J connectivity index is 1.42. The number of ether oxygens (including phenoxy) is 1. The van der Waals surface area contributed by atoms with Crippen LogP contribution in [0.4, 0.5) is 5.69 Å². The summed E-state index contributed by atoms with van der Waals surface area (Å²) in [6.45, 7) is 1.41. The van der Waals surface area contributed by atoms with Crippen molar-refractivity contribution >= 4 is 28.6 Å². The van der Waals surface area contributed by atoms with E-state index in [2.05, 4.69) is 15.6 Å². The molecule has 0 spiro atoms. The van der Waals surface area contributed by atoms with Gasteiger partial charge in [0.05, 0.1) is 5.52 Å². The number of nitrogens with zero attached hydrogens (tertiary/aromatic N) is 3. The molecule has 1 amide bonds.